The Hall–Kier alpha value is -20.0. The molecule has 24 aromatic carbocycles. The highest BCUT2D eigenvalue weighted by atomic mass is 15.2. The van der Waals surface area contributed by atoms with Crippen LogP contribution in [0, 0.1) is 0 Å². The van der Waals surface area contributed by atoms with Crippen LogP contribution >= 0.6 is 0 Å². The predicted octanol–water partition coefficient (Wildman–Crippen LogP) is 34.3. The lowest BCUT2D eigenvalue weighted by Crippen LogP contribution is -2.06. The molecule has 0 fully saturated rings. The first-order chi connectivity index (χ1) is 72.9. The van der Waals surface area contributed by atoms with Crippen molar-refractivity contribution < 1.29 is 0 Å². The molecule has 0 amide bonds. The van der Waals surface area contributed by atoms with Gasteiger partial charge in [-0.3, -0.25) is 13.7 Å². The van der Waals surface area contributed by atoms with E-state index in [2.05, 4.69) is 341 Å². The highest BCUT2D eigenvalue weighted by Crippen LogP contribution is 2.46. The molecule has 12 nitrogen and oxygen atoms in total. The van der Waals surface area contributed by atoms with E-state index in [1.54, 1.807) is 0 Å². The van der Waals surface area contributed by atoms with Gasteiger partial charge in [-0.1, -0.05) is 437 Å². The minimum atomic E-state index is 0.593. The van der Waals surface area contributed by atoms with Crippen LogP contribution in [0.5, 0.6) is 0 Å². The molecule has 30 aromatic rings. The summed E-state index contributed by atoms with van der Waals surface area (Å²) in [5.74, 6) is 5.63. The molecule has 0 radical (unpaired) electrons. The highest BCUT2D eigenvalue weighted by molar-refractivity contribution is 6.26. The van der Waals surface area contributed by atoms with E-state index >= 15 is 0 Å². The summed E-state index contributed by atoms with van der Waals surface area (Å²) >= 11 is 0. The van der Waals surface area contributed by atoms with Crippen LogP contribution in [-0.4, -0.2) is 58.6 Å². The van der Waals surface area contributed by atoms with Crippen molar-refractivity contribution in [2.24, 2.45) is 0 Å². The predicted molar refractivity (Wildman–Crippen MR) is 609 cm³/mol. The fraction of sp³-hybridized carbons (Fsp3) is 0. The van der Waals surface area contributed by atoms with E-state index in [-0.39, 0.29) is 0 Å². The zero-order valence-electron chi connectivity index (χ0n) is 79.4. The normalized spacial score (nSPS) is 11.7. The molecule has 0 atom stereocenters. The van der Waals surface area contributed by atoms with Crippen molar-refractivity contribution in [1.82, 2.24) is 58.6 Å². The summed E-state index contributed by atoms with van der Waals surface area (Å²) in [6.07, 6.45) is 0. The first kappa shape index (κ1) is 85.1. The molecular weight excluding hydrogens is 1790 g/mol. The van der Waals surface area contributed by atoms with Gasteiger partial charge in [0.05, 0.1) is 33.1 Å². The lowest BCUT2D eigenvalue weighted by molar-refractivity contribution is 0.953. The van der Waals surface area contributed by atoms with E-state index in [0.29, 0.717) is 52.8 Å². The molecule has 12 heteroatoms. The number of hydrogen-bond acceptors (Lipinski definition) is 9. The minimum Gasteiger partial charge on any atom is -0.278 e. The Kier molecular flexibility index (Phi) is 20.6. The van der Waals surface area contributed by atoms with Crippen LogP contribution in [0.25, 0.3) is 282 Å². The SMILES string of the molecule is c1ccc(-c2nc(-c3ccccc3)nc(-n3c4ccccc4c4c5cc(-c6ccc7c(ccc8ccccc87)c6)ccc5ccc43)n2)cc1.c1ccc(-c2nc(-c3ccccc3)nc(-n3c4ccccc4c4c5cc(-c6ccc7ccc8ccccc8c7c6)ccc5ccc43)n2)cc1.c1ccc(-c2nc(-c3ccccc3)nc(-n3c4ccccc4c4c5ccc(-c6cc7ccccc7c7ccccc67)cc5ccc43)n2)cc1. The van der Waals surface area contributed by atoms with Gasteiger partial charge in [-0.05, 0) is 203 Å². The standard InChI is InChI=1S/3C45H28N4/c1-3-13-29(14-4-1)43-46-44(30-15-5-2-6-16-30)48-45(47-43)49-40-22-12-11-21-38(40)42-35-25-23-33(27-32(35)24-26-41(42)49)39-28-31-17-7-8-18-34(31)36-19-9-10-20-37(36)39;1-3-12-31(13-4-1)43-46-44(32-14-5-2-6-15-32)48-45(47-43)49-40-18-10-9-17-38(40)42-39-28-34(21-19-30(39)24-26-41(42)49)33-23-25-37-35(27-33)22-20-29-11-7-8-16-36(29)37;1-3-12-32(13-4-1)43-46-44(33-14-5-2-6-15-33)48-45(47-43)49-40-18-10-9-17-37(40)42-39-28-35(24-22-31(39)25-26-41(42)49)34-23-21-30-20-19-29-11-7-8-16-36(29)38(30)27-34/h3*1-28H. The minimum absolute atomic E-state index is 0.593. The molecule has 684 valence electrons. The Morgan fingerprint density at radius 2 is 0.347 bits per heavy atom. The fourth-order valence-corrected chi connectivity index (χ4v) is 21.9. The van der Waals surface area contributed by atoms with Crippen LogP contribution in [0.2, 0.25) is 0 Å². The molecular formula is C135H84N12. The molecule has 0 aliphatic heterocycles. The third-order valence-corrected chi connectivity index (χ3v) is 28.9. The van der Waals surface area contributed by atoms with Crippen molar-refractivity contribution >= 4 is 162 Å². The average Bonchev–Trinajstić information content (AvgIpc) is 1.52. The molecule has 0 saturated heterocycles. The fourth-order valence-electron chi connectivity index (χ4n) is 21.9. The van der Waals surface area contributed by atoms with E-state index in [4.69, 9.17) is 44.9 Å². The summed E-state index contributed by atoms with van der Waals surface area (Å²) in [7, 11) is 0. The molecule has 6 heterocycles. The van der Waals surface area contributed by atoms with Crippen molar-refractivity contribution in [1.29, 1.82) is 0 Å². The Bertz CT molecular complexity index is 10300. The summed E-state index contributed by atoms with van der Waals surface area (Å²) in [6, 6.07) is 180. The zero-order chi connectivity index (χ0) is 96.9. The first-order valence-electron chi connectivity index (χ1n) is 49.6. The number of hydrogen-bond donors (Lipinski definition) is 0. The first-order valence-corrected chi connectivity index (χ1v) is 49.6. The van der Waals surface area contributed by atoms with Gasteiger partial charge in [0.1, 0.15) is 0 Å². The van der Waals surface area contributed by atoms with Crippen LogP contribution in [-0.2, 0) is 0 Å². The van der Waals surface area contributed by atoms with Crippen LogP contribution in [0.15, 0.2) is 510 Å². The van der Waals surface area contributed by atoms with E-state index in [1.807, 2.05) is 182 Å². The topological polar surface area (TPSA) is 131 Å². The summed E-state index contributed by atoms with van der Waals surface area (Å²) in [5.41, 5.74) is 19.2. The van der Waals surface area contributed by atoms with Gasteiger partial charge >= 0.3 is 0 Å². The Balaban J connectivity index is 0.000000107. The zero-order valence-corrected chi connectivity index (χ0v) is 79.4. The number of aromatic nitrogens is 12. The monoisotopic (exact) mass is 1870 g/mol. The van der Waals surface area contributed by atoms with Gasteiger partial charge in [-0.2, -0.15) is 29.9 Å². The van der Waals surface area contributed by atoms with Gasteiger partial charge in [-0.15, -0.1) is 0 Å². The third-order valence-electron chi connectivity index (χ3n) is 28.9. The quantitative estimate of drug-likeness (QED) is 0.110. The maximum Gasteiger partial charge on any atom is 0.238 e. The second kappa shape index (κ2) is 35.7. The molecule has 147 heavy (non-hydrogen) atoms. The largest absolute Gasteiger partial charge is 0.278 e. The van der Waals surface area contributed by atoms with Crippen molar-refractivity contribution in [3.8, 4) is 120 Å². The van der Waals surface area contributed by atoms with Crippen molar-refractivity contribution in [2.45, 2.75) is 0 Å². The molecule has 0 spiro atoms. The summed E-state index contributed by atoms with van der Waals surface area (Å²) < 4.78 is 6.58. The second-order valence-corrected chi connectivity index (χ2v) is 37.4. The Morgan fingerprint density at radius 3 is 0.748 bits per heavy atom. The number of rotatable bonds is 12. The van der Waals surface area contributed by atoms with Crippen LogP contribution in [0.1, 0.15) is 0 Å². The summed E-state index contributed by atoms with van der Waals surface area (Å²) in [4.78, 5) is 45.5. The maximum atomic E-state index is 5.11. The molecule has 0 saturated carbocycles. The molecule has 0 N–H and O–H groups in total. The maximum absolute atomic E-state index is 5.11. The Morgan fingerprint density at radius 1 is 0.116 bits per heavy atom. The van der Waals surface area contributed by atoms with E-state index in [1.165, 1.54) is 146 Å². The summed E-state index contributed by atoms with van der Waals surface area (Å²) in [5, 5.41) is 29.4. The van der Waals surface area contributed by atoms with Crippen molar-refractivity contribution in [2.75, 3.05) is 0 Å². The van der Waals surface area contributed by atoms with Gasteiger partial charge in [0, 0.05) is 65.7 Å². The van der Waals surface area contributed by atoms with Gasteiger partial charge in [0.15, 0.2) is 34.9 Å². The van der Waals surface area contributed by atoms with Gasteiger partial charge < -0.3 is 0 Å². The van der Waals surface area contributed by atoms with E-state index in [9.17, 15) is 0 Å². The average molecular weight is 1870 g/mol. The molecule has 0 aliphatic carbocycles. The van der Waals surface area contributed by atoms with Gasteiger partial charge in [0.25, 0.3) is 0 Å². The summed E-state index contributed by atoms with van der Waals surface area (Å²) in [6.45, 7) is 0. The number of para-hydroxylation sites is 3. The number of benzene rings is 24. The van der Waals surface area contributed by atoms with Crippen molar-refractivity contribution in [3.05, 3.63) is 510 Å². The highest BCUT2D eigenvalue weighted by Gasteiger charge is 2.26. The van der Waals surface area contributed by atoms with E-state index in [0.717, 1.165) is 82.6 Å². The van der Waals surface area contributed by atoms with Gasteiger partial charge in [0.2, 0.25) is 17.8 Å². The molecule has 0 aliphatic rings. The smallest absolute Gasteiger partial charge is 0.238 e. The van der Waals surface area contributed by atoms with Crippen LogP contribution < -0.4 is 0 Å². The number of nitrogens with zero attached hydrogens (tertiary/aromatic N) is 12. The second-order valence-electron chi connectivity index (χ2n) is 37.4. The number of fused-ring (bicyclic) bond motifs is 24. The molecule has 30 rings (SSSR count). The molecule has 0 bridgehead atoms. The van der Waals surface area contributed by atoms with Gasteiger partial charge in [-0.25, -0.2) is 15.0 Å². The lowest BCUT2D eigenvalue weighted by Gasteiger charge is -2.13. The van der Waals surface area contributed by atoms with Crippen LogP contribution in [0.4, 0.5) is 0 Å². The van der Waals surface area contributed by atoms with Crippen LogP contribution in [0.3, 0.4) is 0 Å². The van der Waals surface area contributed by atoms with E-state index < -0.39 is 0 Å². The molecule has 6 aromatic heterocycles. The Labute approximate surface area is 844 Å². The lowest BCUT2D eigenvalue weighted by atomic mass is 9.92. The molecule has 0 unspecified atom stereocenters. The van der Waals surface area contributed by atoms with Crippen molar-refractivity contribution in [3.63, 3.8) is 0 Å². The third kappa shape index (κ3) is 15.0.